The molecule has 2 heteroatoms. The van der Waals surface area contributed by atoms with Crippen LogP contribution in [-0.4, -0.2) is 4.98 Å². The van der Waals surface area contributed by atoms with Gasteiger partial charge in [-0.15, -0.1) is 5.92 Å². The first-order valence-corrected chi connectivity index (χ1v) is 2.97. The summed E-state index contributed by atoms with van der Waals surface area (Å²) in [6, 6.07) is 1.74. The molecule has 1 heterocycles. The molecule has 1 aromatic heterocycles. The monoisotopic (exact) mass is 132 g/mol. The zero-order valence-electron chi connectivity index (χ0n) is 5.76. The molecule has 0 saturated heterocycles. The fourth-order valence-electron chi connectivity index (χ4n) is 0.644. The van der Waals surface area contributed by atoms with Crippen molar-refractivity contribution in [3.05, 3.63) is 24.0 Å². The van der Waals surface area contributed by atoms with E-state index in [0.717, 1.165) is 5.56 Å². The molecule has 0 saturated carbocycles. The molecule has 2 N–H and O–H groups in total. The molecule has 0 aliphatic heterocycles. The summed E-state index contributed by atoms with van der Waals surface area (Å²) in [5.74, 6) is 5.59. The van der Waals surface area contributed by atoms with Crippen molar-refractivity contribution in [2.45, 2.75) is 6.92 Å². The Labute approximate surface area is 60.1 Å². The maximum absolute atomic E-state index is 5.56. The van der Waals surface area contributed by atoms with Gasteiger partial charge >= 0.3 is 0 Å². The van der Waals surface area contributed by atoms with Gasteiger partial charge in [-0.2, -0.15) is 0 Å². The Morgan fingerprint density at radius 1 is 1.60 bits per heavy atom. The lowest BCUT2D eigenvalue weighted by atomic mass is 10.2. The molecule has 2 nitrogen and oxygen atoms in total. The third-order valence-corrected chi connectivity index (χ3v) is 1.11. The van der Waals surface area contributed by atoms with E-state index in [2.05, 4.69) is 16.8 Å². The van der Waals surface area contributed by atoms with Gasteiger partial charge < -0.3 is 5.73 Å². The summed E-state index contributed by atoms with van der Waals surface area (Å²) in [6.07, 6.45) is 3.31. The van der Waals surface area contributed by atoms with Gasteiger partial charge in [0.2, 0.25) is 0 Å². The number of aromatic nitrogens is 1. The van der Waals surface area contributed by atoms with Crippen LogP contribution in [0.3, 0.4) is 0 Å². The Morgan fingerprint density at radius 2 is 2.40 bits per heavy atom. The largest absolute Gasteiger partial charge is 0.398 e. The number of pyridine rings is 1. The van der Waals surface area contributed by atoms with Crippen LogP contribution in [0.4, 0.5) is 5.69 Å². The lowest BCUT2D eigenvalue weighted by molar-refractivity contribution is 1.32. The topological polar surface area (TPSA) is 38.9 Å². The van der Waals surface area contributed by atoms with Crippen molar-refractivity contribution in [3.63, 3.8) is 0 Å². The van der Waals surface area contributed by atoms with Crippen molar-refractivity contribution in [1.29, 1.82) is 0 Å². The van der Waals surface area contributed by atoms with E-state index >= 15 is 0 Å². The zero-order valence-corrected chi connectivity index (χ0v) is 5.76. The van der Waals surface area contributed by atoms with E-state index in [-0.39, 0.29) is 0 Å². The van der Waals surface area contributed by atoms with E-state index in [4.69, 9.17) is 5.73 Å². The van der Waals surface area contributed by atoms with Gasteiger partial charge in [0.15, 0.2) is 0 Å². The summed E-state index contributed by atoms with van der Waals surface area (Å²) in [7, 11) is 0. The lowest BCUT2D eigenvalue weighted by Gasteiger charge is -1.92. The Hall–Kier alpha value is -1.49. The van der Waals surface area contributed by atoms with E-state index in [9.17, 15) is 0 Å². The highest BCUT2D eigenvalue weighted by Crippen LogP contribution is 2.05. The molecule has 0 aromatic carbocycles. The SMILES string of the molecule is CC#Cc1cnccc1N. The summed E-state index contributed by atoms with van der Waals surface area (Å²) in [5, 5.41) is 0. The number of hydrogen-bond donors (Lipinski definition) is 1. The first-order valence-electron chi connectivity index (χ1n) is 2.97. The van der Waals surface area contributed by atoms with Crippen molar-refractivity contribution in [1.82, 2.24) is 4.98 Å². The summed E-state index contributed by atoms with van der Waals surface area (Å²) >= 11 is 0. The molecular weight excluding hydrogens is 124 g/mol. The third-order valence-electron chi connectivity index (χ3n) is 1.11. The molecule has 1 rings (SSSR count). The van der Waals surface area contributed by atoms with E-state index in [1.807, 2.05) is 0 Å². The van der Waals surface area contributed by atoms with Crippen molar-refractivity contribution in [3.8, 4) is 11.8 Å². The minimum absolute atomic E-state index is 0.685. The highest BCUT2D eigenvalue weighted by atomic mass is 14.7. The summed E-state index contributed by atoms with van der Waals surface area (Å²) in [6.45, 7) is 1.77. The summed E-state index contributed by atoms with van der Waals surface area (Å²) in [4.78, 5) is 3.88. The second-order valence-corrected chi connectivity index (χ2v) is 1.84. The minimum atomic E-state index is 0.685. The van der Waals surface area contributed by atoms with Crippen molar-refractivity contribution >= 4 is 5.69 Å². The Balaban J connectivity index is 3.11. The van der Waals surface area contributed by atoms with Gasteiger partial charge in [0.1, 0.15) is 0 Å². The van der Waals surface area contributed by atoms with Gasteiger partial charge in [0.05, 0.1) is 11.3 Å². The van der Waals surface area contributed by atoms with E-state index < -0.39 is 0 Å². The number of nitrogens with zero attached hydrogens (tertiary/aromatic N) is 1. The van der Waals surface area contributed by atoms with Crippen molar-refractivity contribution < 1.29 is 0 Å². The predicted octanol–water partition coefficient (Wildman–Crippen LogP) is 1.04. The zero-order chi connectivity index (χ0) is 7.40. The molecule has 0 aliphatic carbocycles. The quantitative estimate of drug-likeness (QED) is 0.535. The Kier molecular flexibility index (Phi) is 1.91. The van der Waals surface area contributed by atoms with Gasteiger partial charge in [-0.05, 0) is 13.0 Å². The predicted molar refractivity (Wildman–Crippen MR) is 41.2 cm³/mol. The Morgan fingerprint density at radius 3 is 3.00 bits per heavy atom. The van der Waals surface area contributed by atoms with Gasteiger partial charge in [-0.1, -0.05) is 5.92 Å². The van der Waals surface area contributed by atoms with Gasteiger partial charge in [-0.3, -0.25) is 4.98 Å². The van der Waals surface area contributed by atoms with Crippen LogP contribution in [0, 0.1) is 11.8 Å². The van der Waals surface area contributed by atoms with Crippen LogP contribution in [0.25, 0.3) is 0 Å². The van der Waals surface area contributed by atoms with Crippen LogP contribution in [0.1, 0.15) is 12.5 Å². The molecule has 50 valence electrons. The third kappa shape index (κ3) is 1.26. The summed E-state index contributed by atoms with van der Waals surface area (Å²) < 4.78 is 0. The number of nitrogen functional groups attached to an aromatic ring is 1. The molecular formula is C8H8N2. The number of anilines is 1. The molecule has 0 unspecified atom stereocenters. The first-order chi connectivity index (χ1) is 4.84. The number of nitrogens with two attached hydrogens (primary N) is 1. The van der Waals surface area contributed by atoms with Crippen molar-refractivity contribution in [2.75, 3.05) is 5.73 Å². The fourth-order valence-corrected chi connectivity index (χ4v) is 0.644. The molecule has 0 spiro atoms. The smallest absolute Gasteiger partial charge is 0.0657 e. The maximum Gasteiger partial charge on any atom is 0.0657 e. The van der Waals surface area contributed by atoms with E-state index in [1.165, 1.54) is 0 Å². The molecule has 0 aliphatic rings. The second kappa shape index (κ2) is 2.88. The van der Waals surface area contributed by atoms with Crippen molar-refractivity contribution in [2.24, 2.45) is 0 Å². The second-order valence-electron chi connectivity index (χ2n) is 1.84. The minimum Gasteiger partial charge on any atom is -0.398 e. The van der Waals surface area contributed by atoms with Crippen LogP contribution in [0.2, 0.25) is 0 Å². The average Bonchev–Trinajstić information content (AvgIpc) is 1.94. The standard InChI is InChI=1S/C8H8N2/c1-2-3-7-6-10-5-4-8(7)9/h4-6H,1H3,(H2,9,10). The molecule has 0 bridgehead atoms. The maximum atomic E-state index is 5.56. The molecule has 10 heavy (non-hydrogen) atoms. The van der Waals surface area contributed by atoms with Crippen LogP contribution in [0.5, 0.6) is 0 Å². The van der Waals surface area contributed by atoms with E-state index in [0.29, 0.717) is 5.69 Å². The highest BCUT2D eigenvalue weighted by molar-refractivity contribution is 5.53. The highest BCUT2D eigenvalue weighted by Gasteiger charge is 1.90. The molecule has 0 fully saturated rings. The van der Waals surface area contributed by atoms with Gasteiger partial charge in [0.25, 0.3) is 0 Å². The van der Waals surface area contributed by atoms with Crippen LogP contribution >= 0.6 is 0 Å². The normalized spacial score (nSPS) is 8.10. The molecule has 1 aromatic rings. The number of hydrogen-bond acceptors (Lipinski definition) is 2. The molecule has 0 atom stereocenters. The van der Waals surface area contributed by atoms with E-state index in [1.54, 1.807) is 25.4 Å². The summed E-state index contributed by atoms with van der Waals surface area (Å²) in [5.41, 5.74) is 7.04. The Bertz CT molecular complexity index is 281. The fraction of sp³-hybridized carbons (Fsp3) is 0.125. The number of rotatable bonds is 0. The molecule has 0 amide bonds. The van der Waals surface area contributed by atoms with Crippen LogP contribution in [-0.2, 0) is 0 Å². The van der Waals surface area contributed by atoms with Gasteiger partial charge in [-0.25, -0.2) is 0 Å². The molecule has 0 radical (unpaired) electrons. The lowest BCUT2D eigenvalue weighted by Crippen LogP contribution is -1.89. The first kappa shape index (κ1) is 6.63. The van der Waals surface area contributed by atoms with Crippen LogP contribution in [0.15, 0.2) is 18.5 Å². The van der Waals surface area contributed by atoms with Gasteiger partial charge in [0, 0.05) is 12.4 Å². The average molecular weight is 132 g/mol. The van der Waals surface area contributed by atoms with Crippen LogP contribution < -0.4 is 5.73 Å².